The summed E-state index contributed by atoms with van der Waals surface area (Å²) in [6.07, 6.45) is 1.64. The van der Waals surface area contributed by atoms with E-state index in [-0.39, 0.29) is 11.2 Å². The number of methoxy groups -OCH3 is 1. The van der Waals surface area contributed by atoms with Crippen molar-refractivity contribution in [3.63, 3.8) is 0 Å². The van der Waals surface area contributed by atoms with Crippen molar-refractivity contribution in [3.8, 4) is 5.75 Å². The molecule has 0 spiro atoms. The molecule has 0 aliphatic carbocycles. The number of nitrogens with zero attached hydrogens (tertiary/aromatic N) is 3. The number of carbonyl (C=O) groups excluding carboxylic acids is 1. The van der Waals surface area contributed by atoms with Crippen molar-refractivity contribution in [2.45, 2.75) is 18.7 Å². The number of amides is 1. The summed E-state index contributed by atoms with van der Waals surface area (Å²) in [5, 5.41) is 8.90. The number of para-hydroxylation sites is 1. The number of ether oxygens (including phenoxy) is 1. The van der Waals surface area contributed by atoms with Crippen LogP contribution in [0.2, 0.25) is 0 Å². The summed E-state index contributed by atoms with van der Waals surface area (Å²) in [6.45, 7) is 2.39. The van der Waals surface area contributed by atoms with Crippen LogP contribution in [0.25, 0.3) is 0 Å². The zero-order valence-corrected chi connectivity index (χ0v) is 14.9. The van der Waals surface area contributed by atoms with Crippen molar-refractivity contribution in [2.24, 2.45) is 10.2 Å². The molecule has 1 atom stereocenters. The van der Waals surface area contributed by atoms with Gasteiger partial charge in [0.2, 0.25) is 5.91 Å². The first-order valence-electron chi connectivity index (χ1n) is 7.95. The first-order chi connectivity index (χ1) is 12.2. The van der Waals surface area contributed by atoms with Gasteiger partial charge in [-0.2, -0.15) is 5.10 Å². The Hall–Kier alpha value is -2.60. The molecule has 0 bridgehead atoms. The smallest absolute Gasteiger partial charge is 0.242 e. The second-order valence-corrected chi connectivity index (χ2v) is 6.85. The number of benzene rings is 2. The molecule has 25 heavy (non-hydrogen) atoms. The van der Waals surface area contributed by atoms with Gasteiger partial charge in [-0.15, -0.1) is 5.10 Å². The molecule has 1 heterocycles. The summed E-state index contributed by atoms with van der Waals surface area (Å²) >= 11 is 1.43. The van der Waals surface area contributed by atoms with Gasteiger partial charge in [-0.05, 0) is 24.6 Å². The van der Waals surface area contributed by atoms with E-state index in [9.17, 15) is 4.79 Å². The molecular formula is C19H19N3O2S. The van der Waals surface area contributed by atoms with Gasteiger partial charge in [0.05, 0.1) is 25.1 Å². The van der Waals surface area contributed by atoms with E-state index in [1.165, 1.54) is 11.8 Å². The van der Waals surface area contributed by atoms with Crippen LogP contribution in [0, 0.1) is 0 Å². The molecule has 0 aromatic heterocycles. The van der Waals surface area contributed by atoms with E-state index in [4.69, 9.17) is 4.74 Å². The summed E-state index contributed by atoms with van der Waals surface area (Å²) in [7, 11) is 1.62. The zero-order chi connectivity index (χ0) is 17.6. The van der Waals surface area contributed by atoms with Gasteiger partial charge < -0.3 is 4.74 Å². The highest BCUT2D eigenvalue weighted by atomic mass is 32.2. The summed E-state index contributed by atoms with van der Waals surface area (Å²) in [5.41, 5.74) is 1.90. The molecule has 2 aromatic carbocycles. The predicted octanol–water partition coefficient (Wildman–Crippen LogP) is 3.55. The van der Waals surface area contributed by atoms with Crippen LogP contribution in [-0.2, 0) is 11.3 Å². The fraction of sp³-hybridized carbons (Fsp3) is 0.211. The Balaban J connectivity index is 1.80. The Morgan fingerprint density at radius 2 is 1.88 bits per heavy atom. The number of thioether (sulfide) groups is 1. The van der Waals surface area contributed by atoms with Crippen LogP contribution in [0.1, 0.15) is 18.1 Å². The number of carbonyl (C=O) groups is 1. The molecule has 5 nitrogen and oxygen atoms in total. The van der Waals surface area contributed by atoms with Crippen LogP contribution < -0.4 is 4.74 Å². The van der Waals surface area contributed by atoms with Crippen molar-refractivity contribution in [3.05, 3.63) is 65.7 Å². The van der Waals surface area contributed by atoms with Crippen molar-refractivity contribution >= 4 is 29.1 Å². The molecule has 128 valence electrons. The van der Waals surface area contributed by atoms with E-state index in [1.54, 1.807) is 18.2 Å². The maximum atomic E-state index is 12.4. The monoisotopic (exact) mass is 353 g/mol. The van der Waals surface area contributed by atoms with Gasteiger partial charge in [0.15, 0.2) is 5.17 Å². The van der Waals surface area contributed by atoms with Gasteiger partial charge in [-0.1, -0.05) is 54.2 Å². The third-order valence-corrected chi connectivity index (χ3v) is 4.86. The van der Waals surface area contributed by atoms with E-state index in [1.807, 2.05) is 61.5 Å². The van der Waals surface area contributed by atoms with Crippen LogP contribution >= 0.6 is 11.8 Å². The molecule has 0 unspecified atom stereocenters. The molecule has 1 saturated heterocycles. The van der Waals surface area contributed by atoms with Crippen molar-refractivity contribution < 1.29 is 9.53 Å². The lowest BCUT2D eigenvalue weighted by Crippen LogP contribution is -2.30. The van der Waals surface area contributed by atoms with E-state index in [0.717, 1.165) is 16.9 Å². The minimum atomic E-state index is -0.149. The molecule has 1 amide bonds. The van der Waals surface area contributed by atoms with Crippen molar-refractivity contribution in [1.29, 1.82) is 0 Å². The average molecular weight is 353 g/mol. The van der Waals surface area contributed by atoms with Crippen LogP contribution in [0.3, 0.4) is 0 Å². The first kappa shape index (κ1) is 17.2. The molecule has 6 heteroatoms. The van der Waals surface area contributed by atoms with Crippen molar-refractivity contribution in [2.75, 3.05) is 7.11 Å². The summed E-state index contributed by atoms with van der Waals surface area (Å²) in [6, 6.07) is 17.5. The third kappa shape index (κ3) is 4.09. The average Bonchev–Trinajstić information content (AvgIpc) is 2.91. The zero-order valence-electron chi connectivity index (χ0n) is 14.1. The lowest BCUT2D eigenvalue weighted by Gasteiger charge is -2.15. The fourth-order valence-corrected chi connectivity index (χ4v) is 3.41. The molecule has 0 radical (unpaired) electrons. The SMILES string of the molecule is COc1ccccc1/C=N\N=C1/S[C@H](C)C(=O)N1Cc1ccccc1. The highest BCUT2D eigenvalue weighted by molar-refractivity contribution is 8.15. The van der Waals surface area contributed by atoms with Crippen LogP contribution in [0.4, 0.5) is 0 Å². The van der Waals surface area contributed by atoms with Crippen molar-refractivity contribution in [1.82, 2.24) is 4.90 Å². The predicted molar refractivity (Wildman–Crippen MR) is 102 cm³/mol. The Morgan fingerprint density at radius 1 is 1.16 bits per heavy atom. The molecule has 0 N–H and O–H groups in total. The number of rotatable bonds is 5. The van der Waals surface area contributed by atoms with Crippen LogP contribution in [-0.4, -0.2) is 34.5 Å². The summed E-state index contributed by atoms with van der Waals surface area (Å²) < 4.78 is 5.29. The van der Waals surface area contributed by atoms with Gasteiger partial charge in [0.1, 0.15) is 5.75 Å². The first-order valence-corrected chi connectivity index (χ1v) is 8.83. The summed E-state index contributed by atoms with van der Waals surface area (Å²) in [5.74, 6) is 0.788. The number of hydrogen-bond donors (Lipinski definition) is 0. The minimum absolute atomic E-state index is 0.0556. The minimum Gasteiger partial charge on any atom is -0.496 e. The number of amidine groups is 1. The lowest BCUT2D eigenvalue weighted by atomic mass is 10.2. The van der Waals surface area contributed by atoms with Gasteiger partial charge in [-0.3, -0.25) is 9.69 Å². The second kappa shape index (κ2) is 7.98. The Kier molecular flexibility index (Phi) is 5.50. The molecule has 3 rings (SSSR count). The molecule has 0 saturated carbocycles. The second-order valence-electron chi connectivity index (χ2n) is 5.54. The van der Waals surface area contributed by atoms with E-state index < -0.39 is 0 Å². The maximum Gasteiger partial charge on any atom is 0.242 e. The fourth-order valence-electron chi connectivity index (χ4n) is 2.49. The van der Waals surface area contributed by atoms with Gasteiger partial charge in [0.25, 0.3) is 0 Å². The topological polar surface area (TPSA) is 54.3 Å². The highest BCUT2D eigenvalue weighted by Crippen LogP contribution is 2.28. The van der Waals surface area contributed by atoms with E-state index in [0.29, 0.717) is 11.7 Å². The van der Waals surface area contributed by atoms with E-state index in [2.05, 4.69) is 10.2 Å². The molecule has 1 aliphatic heterocycles. The normalized spacial score (nSPS) is 19.1. The van der Waals surface area contributed by atoms with Crippen LogP contribution in [0.5, 0.6) is 5.75 Å². The van der Waals surface area contributed by atoms with E-state index >= 15 is 0 Å². The third-order valence-electron chi connectivity index (χ3n) is 3.79. The quantitative estimate of drug-likeness (QED) is 0.610. The van der Waals surface area contributed by atoms with Gasteiger partial charge in [0, 0.05) is 5.56 Å². The Bertz CT molecular complexity index is 805. The Labute approximate surface area is 151 Å². The van der Waals surface area contributed by atoms with Gasteiger partial charge >= 0.3 is 0 Å². The Morgan fingerprint density at radius 3 is 2.64 bits per heavy atom. The molecule has 1 fully saturated rings. The van der Waals surface area contributed by atoms with Crippen LogP contribution in [0.15, 0.2) is 64.8 Å². The number of hydrogen-bond acceptors (Lipinski definition) is 5. The largest absolute Gasteiger partial charge is 0.496 e. The standard InChI is InChI=1S/C19H19N3O2S/c1-14-18(23)22(13-15-8-4-3-5-9-15)19(25-14)21-20-12-16-10-6-7-11-17(16)24-2/h3-12,14H,13H2,1-2H3/b20-12-,21-19-/t14-/m1/s1. The molecule has 2 aromatic rings. The lowest BCUT2D eigenvalue weighted by molar-refractivity contribution is -0.126. The molecular weight excluding hydrogens is 334 g/mol. The van der Waals surface area contributed by atoms with Gasteiger partial charge in [-0.25, -0.2) is 0 Å². The summed E-state index contributed by atoms with van der Waals surface area (Å²) in [4.78, 5) is 14.1. The molecule has 1 aliphatic rings. The maximum absolute atomic E-state index is 12.4. The highest BCUT2D eigenvalue weighted by Gasteiger charge is 2.35.